The SMILES string of the molecule is Cc1nnc(/C=C2\Nc3ccccc3NC2=O)n1N. The highest BCUT2D eigenvalue weighted by Gasteiger charge is 2.19. The molecule has 1 aromatic carbocycles. The maximum atomic E-state index is 11.9. The summed E-state index contributed by atoms with van der Waals surface area (Å²) >= 11 is 0. The van der Waals surface area contributed by atoms with Crippen molar-refractivity contribution in [3.05, 3.63) is 41.6 Å². The minimum Gasteiger partial charge on any atom is -0.349 e. The molecule has 96 valence electrons. The van der Waals surface area contributed by atoms with Crippen molar-refractivity contribution in [3.63, 3.8) is 0 Å². The van der Waals surface area contributed by atoms with E-state index in [1.54, 1.807) is 13.0 Å². The molecule has 0 spiro atoms. The standard InChI is InChI=1S/C12H12N6O/c1-7-16-17-11(18(7)13)6-10-12(19)15-9-5-3-2-4-8(9)14-10/h2-6,14H,13H2,1H3,(H,15,19)/b10-6-. The van der Waals surface area contributed by atoms with E-state index in [-0.39, 0.29) is 5.91 Å². The molecule has 0 aliphatic carbocycles. The van der Waals surface area contributed by atoms with Gasteiger partial charge in [-0.2, -0.15) is 0 Å². The number of hydrogen-bond donors (Lipinski definition) is 3. The number of anilines is 2. The van der Waals surface area contributed by atoms with Gasteiger partial charge in [-0.15, -0.1) is 10.2 Å². The predicted octanol–water partition coefficient (Wildman–Crippen LogP) is 0.705. The van der Waals surface area contributed by atoms with Crippen LogP contribution in [0.3, 0.4) is 0 Å². The number of nitrogen functional groups attached to an aromatic ring is 1. The molecular formula is C12H12N6O. The lowest BCUT2D eigenvalue weighted by Crippen LogP contribution is -2.25. The quantitative estimate of drug-likeness (QED) is 0.515. The first-order valence-electron chi connectivity index (χ1n) is 5.71. The molecule has 4 N–H and O–H groups in total. The van der Waals surface area contributed by atoms with E-state index in [2.05, 4.69) is 20.8 Å². The Morgan fingerprint density at radius 3 is 2.53 bits per heavy atom. The summed E-state index contributed by atoms with van der Waals surface area (Å²) in [4.78, 5) is 11.9. The van der Waals surface area contributed by atoms with Gasteiger partial charge in [0.15, 0.2) is 5.82 Å². The van der Waals surface area contributed by atoms with Crippen molar-refractivity contribution in [1.82, 2.24) is 14.9 Å². The van der Waals surface area contributed by atoms with Crippen LogP contribution in [0.2, 0.25) is 0 Å². The number of aryl methyl sites for hydroxylation is 1. The summed E-state index contributed by atoms with van der Waals surface area (Å²) in [6.45, 7) is 1.73. The van der Waals surface area contributed by atoms with Gasteiger partial charge in [0.25, 0.3) is 5.91 Å². The number of fused-ring (bicyclic) bond motifs is 1. The molecule has 1 aliphatic rings. The Labute approximate surface area is 109 Å². The van der Waals surface area contributed by atoms with Crippen molar-refractivity contribution < 1.29 is 4.79 Å². The highest BCUT2D eigenvalue weighted by molar-refractivity contribution is 6.13. The van der Waals surface area contributed by atoms with Crippen molar-refractivity contribution in [2.45, 2.75) is 6.92 Å². The zero-order valence-corrected chi connectivity index (χ0v) is 10.2. The van der Waals surface area contributed by atoms with Crippen molar-refractivity contribution in [2.75, 3.05) is 16.5 Å². The molecule has 3 rings (SSSR count). The van der Waals surface area contributed by atoms with Crippen molar-refractivity contribution in [3.8, 4) is 0 Å². The van der Waals surface area contributed by atoms with Crippen LogP contribution in [0.5, 0.6) is 0 Å². The average Bonchev–Trinajstić information content (AvgIpc) is 2.71. The Morgan fingerprint density at radius 2 is 1.89 bits per heavy atom. The van der Waals surface area contributed by atoms with Gasteiger partial charge in [-0.1, -0.05) is 12.1 Å². The fraction of sp³-hybridized carbons (Fsp3) is 0.0833. The minimum absolute atomic E-state index is 0.237. The van der Waals surface area contributed by atoms with Gasteiger partial charge in [0.1, 0.15) is 11.5 Å². The first kappa shape index (κ1) is 11.3. The van der Waals surface area contributed by atoms with E-state index in [1.807, 2.05) is 24.3 Å². The smallest absolute Gasteiger partial charge is 0.272 e. The van der Waals surface area contributed by atoms with E-state index in [1.165, 1.54) is 4.68 Å². The topological polar surface area (TPSA) is 97.9 Å². The Morgan fingerprint density at radius 1 is 1.21 bits per heavy atom. The average molecular weight is 256 g/mol. The molecule has 0 atom stereocenters. The first-order valence-corrected chi connectivity index (χ1v) is 5.71. The molecule has 2 heterocycles. The molecule has 2 aromatic rings. The van der Waals surface area contributed by atoms with Gasteiger partial charge >= 0.3 is 0 Å². The molecule has 0 bridgehead atoms. The van der Waals surface area contributed by atoms with Crippen LogP contribution in [0, 0.1) is 6.92 Å². The van der Waals surface area contributed by atoms with Gasteiger partial charge in [-0.25, -0.2) is 4.68 Å². The molecule has 1 amide bonds. The molecule has 0 radical (unpaired) electrons. The number of carbonyl (C=O) groups is 1. The zero-order chi connectivity index (χ0) is 13.4. The number of amides is 1. The zero-order valence-electron chi connectivity index (χ0n) is 10.2. The summed E-state index contributed by atoms with van der Waals surface area (Å²) in [5, 5.41) is 13.6. The highest BCUT2D eigenvalue weighted by Crippen LogP contribution is 2.27. The molecule has 0 fully saturated rings. The molecular weight excluding hydrogens is 244 g/mol. The van der Waals surface area contributed by atoms with Crippen LogP contribution in [0.4, 0.5) is 11.4 Å². The summed E-state index contributed by atoms with van der Waals surface area (Å²) in [5.41, 5.74) is 1.95. The number of nitrogens with zero attached hydrogens (tertiary/aromatic N) is 3. The maximum absolute atomic E-state index is 11.9. The van der Waals surface area contributed by atoms with Gasteiger partial charge in [-0.05, 0) is 19.1 Å². The second-order valence-corrected chi connectivity index (χ2v) is 4.16. The second-order valence-electron chi connectivity index (χ2n) is 4.16. The molecule has 7 heteroatoms. The van der Waals surface area contributed by atoms with Crippen LogP contribution in [-0.2, 0) is 4.79 Å². The third-order valence-corrected chi connectivity index (χ3v) is 2.86. The Bertz CT molecular complexity index is 687. The van der Waals surface area contributed by atoms with Gasteiger partial charge in [0.2, 0.25) is 0 Å². The predicted molar refractivity (Wildman–Crippen MR) is 71.6 cm³/mol. The van der Waals surface area contributed by atoms with Gasteiger partial charge in [0.05, 0.1) is 11.4 Å². The Balaban J connectivity index is 1.99. The summed E-state index contributed by atoms with van der Waals surface area (Å²) in [7, 11) is 0. The number of aromatic nitrogens is 3. The summed E-state index contributed by atoms with van der Waals surface area (Å²) < 4.78 is 1.32. The molecule has 1 aliphatic heterocycles. The maximum Gasteiger partial charge on any atom is 0.272 e. The number of rotatable bonds is 1. The first-order chi connectivity index (χ1) is 9.15. The lowest BCUT2D eigenvalue weighted by atomic mass is 10.2. The fourth-order valence-electron chi connectivity index (χ4n) is 1.81. The lowest BCUT2D eigenvalue weighted by Gasteiger charge is -2.20. The lowest BCUT2D eigenvalue weighted by molar-refractivity contribution is -0.112. The number of carbonyl (C=O) groups excluding carboxylic acids is 1. The van der Waals surface area contributed by atoms with Crippen LogP contribution >= 0.6 is 0 Å². The monoisotopic (exact) mass is 256 g/mol. The number of nitrogens with one attached hydrogen (secondary N) is 2. The Hall–Kier alpha value is -2.83. The normalized spacial score (nSPS) is 15.8. The molecule has 0 saturated heterocycles. The van der Waals surface area contributed by atoms with E-state index in [4.69, 9.17) is 5.84 Å². The third-order valence-electron chi connectivity index (χ3n) is 2.86. The van der Waals surface area contributed by atoms with E-state index >= 15 is 0 Å². The van der Waals surface area contributed by atoms with Gasteiger partial charge < -0.3 is 16.5 Å². The largest absolute Gasteiger partial charge is 0.349 e. The molecule has 0 unspecified atom stereocenters. The second kappa shape index (κ2) is 4.13. The molecule has 19 heavy (non-hydrogen) atoms. The number of hydrogen-bond acceptors (Lipinski definition) is 5. The van der Waals surface area contributed by atoms with E-state index in [0.29, 0.717) is 17.3 Å². The van der Waals surface area contributed by atoms with Gasteiger partial charge in [0, 0.05) is 6.08 Å². The number of para-hydroxylation sites is 2. The molecule has 7 nitrogen and oxygen atoms in total. The van der Waals surface area contributed by atoms with Crippen LogP contribution in [0.1, 0.15) is 11.6 Å². The highest BCUT2D eigenvalue weighted by atomic mass is 16.2. The van der Waals surface area contributed by atoms with Crippen molar-refractivity contribution in [1.29, 1.82) is 0 Å². The number of nitrogens with two attached hydrogens (primary N) is 1. The van der Waals surface area contributed by atoms with Crippen molar-refractivity contribution in [2.24, 2.45) is 0 Å². The van der Waals surface area contributed by atoms with Crippen LogP contribution in [-0.4, -0.2) is 20.8 Å². The summed E-state index contributed by atoms with van der Waals surface area (Å²) in [6.07, 6.45) is 1.56. The minimum atomic E-state index is -0.237. The summed E-state index contributed by atoms with van der Waals surface area (Å²) in [5.74, 6) is 6.49. The Kier molecular flexibility index (Phi) is 2.45. The van der Waals surface area contributed by atoms with Crippen LogP contribution in [0.25, 0.3) is 6.08 Å². The van der Waals surface area contributed by atoms with Crippen LogP contribution < -0.4 is 16.5 Å². The van der Waals surface area contributed by atoms with E-state index in [9.17, 15) is 4.79 Å². The van der Waals surface area contributed by atoms with Gasteiger partial charge in [-0.3, -0.25) is 4.79 Å². The van der Waals surface area contributed by atoms with Crippen molar-refractivity contribution >= 4 is 23.4 Å². The number of benzene rings is 1. The third kappa shape index (κ3) is 1.90. The summed E-state index contributed by atoms with van der Waals surface area (Å²) in [6, 6.07) is 7.44. The molecule has 1 aromatic heterocycles. The van der Waals surface area contributed by atoms with E-state index in [0.717, 1.165) is 11.4 Å². The fourth-order valence-corrected chi connectivity index (χ4v) is 1.81. The van der Waals surface area contributed by atoms with E-state index < -0.39 is 0 Å². The molecule has 0 saturated carbocycles. The van der Waals surface area contributed by atoms with Crippen LogP contribution in [0.15, 0.2) is 30.0 Å².